The molecule has 2 aliphatic heterocycles. The lowest BCUT2D eigenvalue weighted by molar-refractivity contribution is -0.169. The average molecular weight is 354 g/mol. The normalized spacial score (nSPS) is 19.7. The molecule has 1 spiro atoms. The Bertz CT molecular complexity index is 968. The molecule has 3 aromatic rings. The molecule has 1 aromatic carbocycles. The lowest BCUT2D eigenvalue weighted by Crippen LogP contribution is -2.45. The molecule has 0 amide bonds. The molecule has 136 valence electrons. The van der Waals surface area contributed by atoms with Gasteiger partial charge in [0, 0.05) is 38.4 Å². The summed E-state index contributed by atoms with van der Waals surface area (Å²) < 4.78 is 19.3. The quantitative estimate of drug-likeness (QED) is 0.705. The number of hydrogen-bond donors (Lipinski definition) is 0. The predicted molar refractivity (Wildman–Crippen MR) is 98.6 cm³/mol. The third-order valence-electron chi connectivity index (χ3n) is 5.60. The molecule has 2 aromatic heterocycles. The Kier molecular flexibility index (Phi) is 3.55. The molecule has 0 bridgehead atoms. The highest BCUT2D eigenvalue weighted by atomic mass is 16.7. The summed E-state index contributed by atoms with van der Waals surface area (Å²) >= 11 is 0. The summed E-state index contributed by atoms with van der Waals surface area (Å²) in [4.78, 5) is 11.5. The maximum atomic E-state index is 5.85. The molecule has 0 N–H and O–H groups in total. The summed E-state index contributed by atoms with van der Waals surface area (Å²) in [6.07, 6.45) is 3.37. The summed E-state index contributed by atoms with van der Waals surface area (Å²) in [5, 5.41) is 1.08. The summed E-state index contributed by atoms with van der Waals surface area (Å²) in [6, 6.07) is 6.10. The topological polar surface area (TPSA) is 61.6 Å². The van der Waals surface area contributed by atoms with E-state index in [2.05, 4.69) is 32.5 Å². The van der Waals surface area contributed by atoms with E-state index in [1.54, 1.807) is 13.4 Å². The van der Waals surface area contributed by atoms with Gasteiger partial charge in [0.1, 0.15) is 23.1 Å². The van der Waals surface area contributed by atoms with Gasteiger partial charge in [0.25, 0.3) is 0 Å². The van der Waals surface area contributed by atoms with Crippen molar-refractivity contribution in [3.8, 4) is 5.75 Å². The fourth-order valence-electron chi connectivity index (χ4n) is 4.20. The molecule has 0 atom stereocenters. The van der Waals surface area contributed by atoms with Gasteiger partial charge in [-0.2, -0.15) is 0 Å². The van der Waals surface area contributed by atoms with Crippen molar-refractivity contribution >= 4 is 27.8 Å². The minimum absolute atomic E-state index is 0.380. The number of nitrogens with zero attached hydrogens (tertiary/aromatic N) is 4. The van der Waals surface area contributed by atoms with Crippen molar-refractivity contribution in [3.05, 3.63) is 24.5 Å². The molecular weight excluding hydrogens is 332 g/mol. The number of fused-ring (bicyclic) bond motifs is 3. The zero-order valence-corrected chi connectivity index (χ0v) is 15.1. The highest BCUT2D eigenvalue weighted by molar-refractivity contribution is 6.09. The van der Waals surface area contributed by atoms with Gasteiger partial charge in [-0.3, -0.25) is 0 Å². The fourth-order valence-corrected chi connectivity index (χ4v) is 4.20. The first-order valence-corrected chi connectivity index (χ1v) is 9.01. The van der Waals surface area contributed by atoms with Crippen molar-refractivity contribution in [3.63, 3.8) is 0 Å². The van der Waals surface area contributed by atoms with Crippen LogP contribution in [0.15, 0.2) is 24.5 Å². The number of aromatic nitrogens is 3. The Balaban J connectivity index is 1.58. The number of ether oxygens (including phenoxy) is 3. The Morgan fingerprint density at radius 1 is 1.12 bits per heavy atom. The van der Waals surface area contributed by atoms with E-state index in [1.807, 2.05) is 12.1 Å². The van der Waals surface area contributed by atoms with Crippen LogP contribution in [0.1, 0.15) is 12.8 Å². The van der Waals surface area contributed by atoms with Crippen LogP contribution in [0.4, 0.5) is 5.82 Å². The maximum Gasteiger partial charge on any atom is 0.171 e. The average Bonchev–Trinajstić information content (AvgIpc) is 3.25. The second-order valence-electron chi connectivity index (χ2n) is 6.93. The molecule has 5 rings (SSSR count). The zero-order chi connectivity index (χ0) is 17.7. The summed E-state index contributed by atoms with van der Waals surface area (Å²) in [5.74, 6) is 1.43. The molecule has 4 heterocycles. The van der Waals surface area contributed by atoms with Gasteiger partial charge in [-0.1, -0.05) is 0 Å². The molecule has 2 fully saturated rings. The molecule has 0 radical (unpaired) electrons. The van der Waals surface area contributed by atoms with Crippen molar-refractivity contribution in [2.75, 3.05) is 38.3 Å². The van der Waals surface area contributed by atoms with Gasteiger partial charge in [-0.25, -0.2) is 9.97 Å². The number of rotatable bonds is 2. The first kappa shape index (κ1) is 15.8. The van der Waals surface area contributed by atoms with Crippen molar-refractivity contribution in [2.24, 2.45) is 7.05 Å². The number of methoxy groups -OCH3 is 1. The Labute approximate surface area is 151 Å². The second kappa shape index (κ2) is 5.82. The van der Waals surface area contributed by atoms with Crippen molar-refractivity contribution in [1.29, 1.82) is 0 Å². The molecule has 2 saturated heterocycles. The van der Waals surface area contributed by atoms with Gasteiger partial charge >= 0.3 is 0 Å². The number of benzene rings is 1. The molecule has 0 unspecified atom stereocenters. The van der Waals surface area contributed by atoms with Gasteiger partial charge in [0.15, 0.2) is 11.6 Å². The van der Waals surface area contributed by atoms with E-state index in [9.17, 15) is 0 Å². The third kappa shape index (κ3) is 2.27. The standard InChI is InChI=1S/C19H22N4O3/c1-22-15-4-3-13(24-2)11-14(15)16-17(22)18(21-12-20-16)23-7-5-19(6-8-23)25-9-10-26-19/h3-4,11-12H,5-10H2,1-2H3. The lowest BCUT2D eigenvalue weighted by atomic mass is 10.0. The number of piperidine rings is 1. The summed E-state index contributed by atoms with van der Waals surface area (Å²) in [5.41, 5.74) is 3.14. The Hall–Kier alpha value is -2.38. The van der Waals surface area contributed by atoms with Crippen molar-refractivity contribution in [1.82, 2.24) is 14.5 Å². The van der Waals surface area contributed by atoms with Gasteiger partial charge < -0.3 is 23.7 Å². The van der Waals surface area contributed by atoms with Gasteiger partial charge in [0.05, 0.1) is 25.8 Å². The second-order valence-corrected chi connectivity index (χ2v) is 6.93. The maximum absolute atomic E-state index is 5.85. The van der Waals surface area contributed by atoms with Crippen LogP contribution in [0, 0.1) is 0 Å². The van der Waals surface area contributed by atoms with Gasteiger partial charge in [0.2, 0.25) is 0 Å². The minimum atomic E-state index is -0.380. The van der Waals surface area contributed by atoms with E-state index < -0.39 is 0 Å². The van der Waals surface area contributed by atoms with Crippen LogP contribution in [0.3, 0.4) is 0 Å². The molecule has 0 saturated carbocycles. The zero-order valence-electron chi connectivity index (χ0n) is 15.1. The van der Waals surface area contributed by atoms with E-state index in [-0.39, 0.29) is 5.79 Å². The largest absolute Gasteiger partial charge is 0.497 e. The summed E-state index contributed by atoms with van der Waals surface area (Å²) in [6.45, 7) is 3.11. The van der Waals surface area contributed by atoms with Crippen LogP contribution in [-0.2, 0) is 16.5 Å². The number of aryl methyl sites for hydroxylation is 1. The van der Waals surface area contributed by atoms with E-state index >= 15 is 0 Å². The first-order valence-electron chi connectivity index (χ1n) is 9.01. The fraction of sp³-hybridized carbons (Fsp3) is 0.474. The van der Waals surface area contributed by atoms with Gasteiger partial charge in [-0.15, -0.1) is 0 Å². The van der Waals surface area contributed by atoms with E-state index in [0.29, 0.717) is 13.2 Å². The van der Waals surface area contributed by atoms with E-state index in [1.165, 1.54) is 0 Å². The van der Waals surface area contributed by atoms with E-state index in [0.717, 1.165) is 59.4 Å². The molecule has 26 heavy (non-hydrogen) atoms. The molecule has 7 nitrogen and oxygen atoms in total. The molecule has 0 aliphatic carbocycles. The Morgan fingerprint density at radius 3 is 2.62 bits per heavy atom. The van der Waals surface area contributed by atoms with Crippen LogP contribution in [-0.4, -0.2) is 53.7 Å². The molecule has 2 aliphatic rings. The van der Waals surface area contributed by atoms with E-state index in [4.69, 9.17) is 14.2 Å². The number of anilines is 1. The Morgan fingerprint density at radius 2 is 1.88 bits per heavy atom. The highest BCUT2D eigenvalue weighted by Gasteiger charge is 2.40. The van der Waals surface area contributed by atoms with Crippen molar-refractivity contribution < 1.29 is 14.2 Å². The van der Waals surface area contributed by atoms with Crippen LogP contribution >= 0.6 is 0 Å². The van der Waals surface area contributed by atoms with Crippen LogP contribution in [0.5, 0.6) is 5.75 Å². The van der Waals surface area contributed by atoms with Crippen LogP contribution in [0.2, 0.25) is 0 Å². The molecule has 7 heteroatoms. The number of hydrogen-bond acceptors (Lipinski definition) is 6. The first-order chi connectivity index (χ1) is 12.7. The van der Waals surface area contributed by atoms with Gasteiger partial charge in [-0.05, 0) is 18.2 Å². The van der Waals surface area contributed by atoms with Crippen molar-refractivity contribution in [2.45, 2.75) is 18.6 Å². The monoisotopic (exact) mass is 354 g/mol. The SMILES string of the molecule is COc1ccc2c(c1)c1ncnc(N3CCC4(CC3)OCCO4)c1n2C. The van der Waals surface area contributed by atoms with Crippen LogP contribution < -0.4 is 9.64 Å². The lowest BCUT2D eigenvalue weighted by Gasteiger charge is -2.38. The third-order valence-corrected chi connectivity index (χ3v) is 5.60. The molecular formula is C19H22N4O3. The predicted octanol–water partition coefficient (Wildman–Crippen LogP) is 2.47. The minimum Gasteiger partial charge on any atom is -0.497 e. The smallest absolute Gasteiger partial charge is 0.171 e. The highest BCUT2D eigenvalue weighted by Crippen LogP contribution is 2.37. The van der Waals surface area contributed by atoms with Crippen LogP contribution in [0.25, 0.3) is 21.9 Å². The summed E-state index contributed by atoms with van der Waals surface area (Å²) in [7, 11) is 3.75.